The van der Waals surface area contributed by atoms with Gasteiger partial charge in [0.1, 0.15) is 5.58 Å². The third-order valence-corrected chi connectivity index (χ3v) is 9.54. The molecule has 0 atom stereocenters. The topological polar surface area (TPSA) is 23.0 Å². The molecule has 0 aliphatic rings. The molecule has 3 nitrogen and oxygen atoms in total. The van der Waals surface area contributed by atoms with Crippen LogP contribution >= 0.6 is 0 Å². The average Bonchev–Trinajstić information content (AvgIpc) is 3.79. The monoisotopic (exact) mass is 600 g/mol. The lowest BCUT2D eigenvalue weighted by Gasteiger charge is -2.12. The van der Waals surface area contributed by atoms with E-state index in [2.05, 4.69) is 173 Å². The molecule has 10 aromatic rings. The van der Waals surface area contributed by atoms with Crippen LogP contribution in [-0.4, -0.2) is 9.13 Å². The van der Waals surface area contributed by atoms with Crippen molar-refractivity contribution in [3.63, 3.8) is 0 Å². The number of aromatic nitrogens is 2. The fraction of sp³-hybridized carbons (Fsp3) is 0. The van der Waals surface area contributed by atoms with Crippen molar-refractivity contribution in [2.75, 3.05) is 0 Å². The Hall–Kier alpha value is -6.32. The molecular weight excluding hydrogens is 572 g/mol. The van der Waals surface area contributed by atoms with Crippen molar-refractivity contribution >= 4 is 54.8 Å². The van der Waals surface area contributed by atoms with E-state index in [9.17, 15) is 0 Å². The Balaban J connectivity index is 1.12. The molecule has 47 heavy (non-hydrogen) atoms. The van der Waals surface area contributed by atoms with E-state index in [0.717, 1.165) is 39.0 Å². The Morgan fingerprint density at radius 3 is 1.74 bits per heavy atom. The third-order valence-electron chi connectivity index (χ3n) is 9.54. The number of hydrogen-bond donors (Lipinski definition) is 0. The fourth-order valence-electron chi connectivity index (χ4n) is 7.46. The van der Waals surface area contributed by atoms with Gasteiger partial charge in [-0.25, -0.2) is 0 Å². The maximum absolute atomic E-state index is 6.55. The van der Waals surface area contributed by atoms with Crippen LogP contribution in [0.15, 0.2) is 174 Å². The molecule has 0 saturated carbocycles. The normalized spacial score (nSPS) is 11.8. The molecule has 0 aliphatic heterocycles. The molecule has 0 amide bonds. The lowest BCUT2D eigenvalue weighted by atomic mass is 9.98. The molecule has 3 heteroatoms. The van der Waals surface area contributed by atoms with Gasteiger partial charge in [-0.15, -0.1) is 0 Å². The van der Waals surface area contributed by atoms with Gasteiger partial charge in [0.15, 0.2) is 0 Å². The molecule has 0 bridgehead atoms. The number of nitrogens with zero attached hydrogens (tertiary/aromatic N) is 2. The molecule has 0 radical (unpaired) electrons. The highest BCUT2D eigenvalue weighted by Gasteiger charge is 2.21. The van der Waals surface area contributed by atoms with Crippen molar-refractivity contribution in [2.24, 2.45) is 0 Å². The summed E-state index contributed by atoms with van der Waals surface area (Å²) in [5, 5.41) is 6.02. The van der Waals surface area contributed by atoms with Gasteiger partial charge in [-0.05, 0) is 59.2 Å². The average molecular weight is 601 g/mol. The van der Waals surface area contributed by atoms with E-state index in [1.807, 2.05) is 6.07 Å². The van der Waals surface area contributed by atoms with Gasteiger partial charge >= 0.3 is 0 Å². The molecule has 0 unspecified atom stereocenters. The number of hydrogen-bond acceptors (Lipinski definition) is 1. The molecule has 3 aromatic heterocycles. The molecule has 0 N–H and O–H groups in total. The van der Waals surface area contributed by atoms with Crippen molar-refractivity contribution in [1.82, 2.24) is 9.13 Å². The summed E-state index contributed by atoms with van der Waals surface area (Å²) in [5.41, 5.74) is 12.3. The van der Waals surface area contributed by atoms with Crippen LogP contribution in [0.2, 0.25) is 0 Å². The van der Waals surface area contributed by atoms with Gasteiger partial charge in [0, 0.05) is 38.5 Å². The zero-order valence-electron chi connectivity index (χ0n) is 25.5. The first kappa shape index (κ1) is 26.0. The largest absolute Gasteiger partial charge is 0.439 e. The number of benzene rings is 7. The van der Waals surface area contributed by atoms with Crippen molar-refractivity contribution in [3.8, 4) is 33.6 Å². The maximum Gasteiger partial charge on any atom is 0.213 e. The smallest absolute Gasteiger partial charge is 0.213 e. The van der Waals surface area contributed by atoms with Gasteiger partial charge in [-0.1, -0.05) is 127 Å². The molecule has 10 rings (SSSR count). The summed E-state index contributed by atoms with van der Waals surface area (Å²) in [6.45, 7) is 0. The molecule has 7 aromatic carbocycles. The predicted molar refractivity (Wildman–Crippen MR) is 196 cm³/mol. The summed E-state index contributed by atoms with van der Waals surface area (Å²) in [4.78, 5) is 0. The van der Waals surface area contributed by atoms with Gasteiger partial charge < -0.3 is 8.98 Å². The van der Waals surface area contributed by atoms with Gasteiger partial charge in [-0.2, -0.15) is 0 Å². The third kappa shape index (κ3) is 3.87. The minimum absolute atomic E-state index is 0.873. The van der Waals surface area contributed by atoms with Crippen LogP contribution in [0.4, 0.5) is 0 Å². The predicted octanol–water partition coefficient (Wildman–Crippen LogP) is 12.0. The van der Waals surface area contributed by atoms with Gasteiger partial charge in [0.25, 0.3) is 0 Å². The lowest BCUT2D eigenvalue weighted by Crippen LogP contribution is -1.95. The second-order valence-corrected chi connectivity index (χ2v) is 12.1. The summed E-state index contributed by atoms with van der Waals surface area (Å²) in [7, 11) is 0. The number of para-hydroxylation sites is 5. The Bertz CT molecular complexity index is 2720. The van der Waals surface area contributed by atoms with Crippen LogP contribution < -0.4 is 0 Å². The zero-order valence-corrected chi connectivity index (χ0v) is 25.5. The van der Waals surface area contributed by atoms with E-state index in [4.69, 9.17) is 4.42 Å². The quantitative estimate of drug-likeness (QED) is 0.197. The van der Waals surface area contributed by atoms with E-state index in [1.54, 1.807) is 0 Å². The minimum atomic E-state index is 0.873. The maximum atomic E-state index is 6.55. The summed E-state index contributed by atoms with van der Waals surface area (Å²) in [5.74, 6) is 0. The van der Waals surface area contributed by atoms with Crippen LogP contribution in [0.5, 0.6) is 0 Å². The standard InChI is InChI=1S/C44H28N2O/c1-2-13-32(14-3-1)46-43-34(19-11-20-38(43)42-37-18-6-9-23-41(37)47-44(42)46)30-26-24-29(25-27-30)31-12-10-15-33(28-31)45-39-21-7-4-16-35(39)36-17-5-8-22-40(36)45/h1-28H. The molecular formula is C44H28N2O. The van der Waals surface area contributed by atoms with Gasteiger partial charge in [-0.3, -0.25) is 4.57 Å². The summed E-state index contributed by atoms with van der Waals surface area (Å²) < 4.78 is 11.2. The molecule has 0 aliphatic carbocycles. The second kappa shape index (κ2) is 10.1. The molecule has 0 spiro atoms. The number of rotatable bonds is 4. The first-order chi connectivity index (χ1) is 23.3. The molecule has 3 heterocycles. The first-order valence-corrected chi connectivity index (χ1v) is 16.0. The summed E-state index contributed by atoms with van der Waals surface area (Å²) >= 11 is 0. The zero-order chi connectivity index (χ0) is 30.9. The van der Waals surface area contributed by atoms with E-state index >= 15 is 0 Å². The highest BCUT2D eigenvalue weighted by molar-refractivity contribution is 6.22. The Kier molecular flexibility index (Phi) is 5.57. The Morgan fingerprint density at radius 1 is 0.383 bits per heavy atom. The lowest BCUT2D eigenvalue weighted by molar-refractivity contribution is 0.645. The summed E-state index contributed by atoms with van der Waals surface area (Å²) in [6, 6.07) is 60.6. The fourth-order valence-corrected chi connectivity index (χ4v) is 7.46. The number of furan rings is 1. The highest BCUT2D eigenvalue weighted by Crippen LogP contribution is 2.43. The minimum Gasteiger partial charge on any atom is -0.439 e. The van der Waals surface area contributed by atoms with Gasteiger partial charge in [0.05, 0.1) is 21.9 Å². The van der Waals surface area contributed by atoms with Crippen molar-refractivity contribution in [2.45, 2.75) is 0 Å². The van der Waals surface area contributed by atoms with E-state index in [1.165, 1.54) is 49.4 Å². The Labute approximate surface area is 271 Å². The molecule has 220 valence electrons. The second-order valence-electron chi connectivity index (χ2n) is 12.1. The first-order valence-electron chi connectivity index (χ1n) is 16.0. The van der Waals surface area contributed by atoms with Crippen molar-refractivity contribution in [3.05, 3.63) is 170 Å². The Morgan fingerprint density at radius 2 is 0.979 bits per heavy atom. The number of fused-ring (bicyclic) bond motifs is 8. The van der Waals surface area contributed by atoms with Gasteiger partial charge in [0.2, 0.25) is 5.71 Å². The molecule has 0 fully saturated rings. The van der Waals surface area contributed by atoms with Crippen LogP contribution in [-0.2, 0) is 0 Å². The SMILES string of the molecule is c1ccc(-n2c3oc4ccccc4c3c3cccc(-c4ccc(-c5cccc(-n6c7ccccc7c7ccccc76)c5)cc4)c32)cc1. The van der Waals surface area contributed by atoms with Crippen LogP contribution in [0.25, 0.3) is 88.4 Å². The van der Waals surface area contributed by atoms with Crippen LogP contribution in [0, 0.1) is 0 Å². The van der Waals surface area contributed by atoms with Crippen molar-refractivity contribution < 1.29 is 4.42 Å². The highest BCUT2D eigenvalue weighted by atomic mass is 16.3. The van der Waals surface area contributed by atoms with Crippen LogP contribution in [0.1, 0.15) is 0 Å². The van der Waals surface area contributed by atoms with E-state index < -0.39 is 0 Å². The summed E-state index contributed by atoms with van der Waals surface area (Å²) in [6.07, 6.45) is 0. The van der Waals surface area contributed by atoms with E-state index in [0.29, 0.717) is 0 Å². The van der Waals surface area contributed by atoms with Crippen LogP contribution in [0.3, 0.4) is 0 Å². The van der Waals surface area contributed by atoms with Crippen molar-refractivity contribution in [1.29, 1.82) is 0 Å². The molecule has 0 saturated heterocycles. The van der Waals surface area contributed by atoms with E-state index in [-0.39, 0.29) is 0 Å².